The summed E-state index contributed by atoms with van der Waals surface area (Å²) in [7, 11) is -1.46. The van der Waals surface area contributed by atoms with Crippen LogP contribution in [0.15, 0.2) is 11.0 Å². The van der Waals surface area contributed by atoms with Gasteiger partial charge in [-0.25, -0.2) is 8.42 Å². The van der Waals surface area contributed by atoms with Gasteiger partial charge in [0, 0.05) is 29.4 Å². The van der Waals surface area contributed by atoms with Gasteiger partial charge in [-0.1, -0.05) is 13.8 Å². The van der Waals surface area contributed by atoms with Crippen LogP contribution in [-0.2, 0) is 16.6 Å². The van der Waals surface area contributed by atoms with Crippen molar-refractivity contribution >= 4 is 21.4 Å². The van der Waals surface area contributed by atoms with Gasteiger partial charge in [-0.05, 0) is 38.3 Å². The average molecular weight is 316 g/mol. The molecule has 0 spiro atoms. The van der Waals surface area contributed by atoms with Crippen molar-refractivity contribution in [2.75, 3.05) is 20.1 Å². The van der Waals surface area contributed by atoms with Crippen LogP contribution in [0.25, 0.3) is 0 Å². The number of hydrogen-bond acceptors (Lipinski definition) is 4. The van der Waals surface area contributed by atoms with Gasteiger partial charge in [0.25, 0.3) is 0 Å². The lowest BCUT2D eigenvalue weighted by atomic mass is 9.90. The maximum atomic E-state index is 12.8. The Morgan fingerprint density at radius 1 is 1.40 bits per heavy atom. The van der Waals surface area contributed by atoms with Crippen molar-refractivity contribution in [3.8, 4) is 0 Å². The topological polar surface area (TPSA) is 49.4 Å². The van der Waals surface area contributed by atoms with Crippen LogP contribution in [-0.4, -0.2) is 32.9 Å². The number of sulfonamides is 1. The largest absolute Gasteiger partial charge is 0.315 e. The molecule has 1 aromatic rings. The summed E-state index contributed by atoms with van der Waals surface area (Å²) in [6.45, 7) is 8.24. The molecule has 1 aromatic heterocycles. The van der Waals surface area contributed by atoms with E-state index in [0.717, 1.165) is 16.2 Å². The van der Waals surface area contributed by atoms with Gasteiger partial charge in [-0.3, -0.25) is 0 Å². The molecule has 1 aliphatic rings. The molecule has 0 bridgehead atoms. The van der Waals surface area contributed by atoms with Gasteiger partial charge in [-0.2, -0.15) is 4.31 Å². The van der Waals surface area contributed by atoms with Crippen LogP contribution in [0.3, 0.4) is 0 Å². The van der Waals surface area contributed by atoms with Crippen LogP contribution >= 0.6 is 11.3 Å². The van der Waals surface area contributed by atoms with Crippen molar-refractivity contribution in [3.63, 3.8) is 0 Å². The third-order valence-corrected chi connectivity index (χ3v) is 7.36. The highest BCUT2D eigenvalue weighted by atomic mass is 32.2. The van der Waals surface area contributed by atoms with E-state index in [4.69, 9.17) is 0 Å². The second-order valence-electron chi connectivity index (χ2n) is 5.77. The summed E-state index contributed by atoms with van der Waals surface area (Å²) in [4.78, 5) is 2.46. The lowest BCUT2D eigenvalue weighted by Crippen LogP contribution is -2.42. The van der Waals surface area contributed by atoms with Crippen molar-refractivity contribution in [1.29, 1.82) is 0 Å². The summed E-state index contributed by atoms with van der Waals surface area (Å²) in [5.41, 5.74) is 0. The van der Waals surface area contributed by atoms with Gasteiger partial charge in [0.15, 0.2) is 0 Å². The minimum atomic E-state index is -3.33. The third-order valence-electron chi connectivity index (χ3n) is 4.19. The molecule has 0 amide bonds. The molecule has 2 heterocycles. The van der Waals surface area contributed by atoms with E-state index < -0.39 is 10.0 Å². The average Bonchev–Trinajstić information content (AvgIpc) is 2.75. The van der Waals surface area contributed by atoms with Crippen molar-refractivity contribution in [3.05, 3.63) is 15.8 Å². The van der Waals surface area contributed by atoms with Gasteiger partial charge in [0.1, 0.15) is 0 Å². The minimum absolute atomic E-state index is 0.425. The molecule has 2 atom stereocenters. The Labute approximate surface area is 126 Å². The van der Waals surface area contributed by atoms with Gasteiger partial charge in [0.05, 0.1) is 4.90 Å². The fraction of sp³-hybridized carbons (Fsp3) is 0.714. The van der Waals surface area contributed by atoms with E-state index in [1.54, 1.807) is 15.6 Å². The van der Waals surface area contributed by atoms with E-state index in [0.29, 0.717) is 36.4 Å². The predicted molar refractivity (Wildman–Crippen MR) is 83.5 cm³/mol. The zero-order chi connectivity index (χ0) is 14.9. The number of rotatable bonds is 4. The normalized spacial score (nSPS) is 25.0. The molecular weight excluding hydrogens is 292 g/mol. The standard InChI is InChI=1S/C14H24N2O2S2/c1-10-5-6-16(9-11(10)2)20(17,18)14-7-13(8-15-4)19-12(14)3/h7,10-11,15H,5-6,8-9H2,1-4H3. The highest BCUT2D eigenvalue weighted by molar-refractivity contribution is 7.89. The van der Waals surface area contributed by atoms with Crippen molar-refractivity contribution in [2.24, 2.45) is 11.8 Å². The molecule has 20 heavy (non-hydrogen) atoms. The van der Waals surface area contributed by atoms with Crippen LogP contribution in [0.4, 0.5) is 0 Å². The van der Waals surface area contributed by atoms with E-state index in [1.807, 2.05) is 20.0 Å². The van der Waals surface area contributed by atoms with E-state index in [-0.39, 0.29) is 0 Å². The molecule has 1 fully saturated rings. The zero-order valence-corrected chi connectivity index (χ0v) is 14.3. The quantitative estimate of drug-likeness (QED) is 0.928. The molecule has 2 unspecified atom stereocenters. The number of nitrogens with zero attached hydrogens (tertiary/aromatic N) is 1. The summed E-state index contributed by atoms with van der Waals surface area (Å²) < 4.78 is 27.2. The molecule has 2 rings (SSSR count). The molecule has 0 saturated carbocycles. The molecule has 1 N–H and O–H groups in total. The number of thiophene rings is 1. The lowest BCUT2D eigenvalue weighted by molar-refractivity contribution is 0.212. The van der Waals surface area contributed by atoms with Crippen LogP contribution in [0.5, 0.6) is 0 Å². The van der Waals surface area contributed by atoms with Gasteiger partial charge in [0.2, 0.25) is 10.0 Å². The Hall–Kier alpha value is -0.430. The molecule has 1 saturated heterocycles. The maximum Gasteiger partial charge on any atom is 0.244 e. The Morgan fingerprint density at radius 3 is 2.70 bits per heavy atom. The fourth-order valence-corrected chi connectivity index (χ4v) is 5.80. The summed E-state index contributed by atoms with van der Waals surface area (Å²) in [6.07, 6.45) is 0.951. The van der Waals surface area contributed by atoms with Crippen LogP contribution in [0.2, 0.25) is 0 Å². The highest BCUT2D eigenvalue weighted by Crippen LogP contribution is 2.32. The Balaban J connectivity index is 2.26. The predicted octanol–water partition coefficient (Wildman–Crippen LogP) is 2.44. The number of hydrogen-bond donors (Lipinski definition) is 1. The first-order chi connectivity index (χ1) is 9.36. The van der Waals surface area contributed by atoms with Crippen molar-refractivity contribution in [2.45, 2.75) is 38.6 Å². The number of piperidine rings is 1. The Bertz CT molecular complexity index is 566. The van der Waals surface area contributed by atoms with Crippen molar-refractivity contribution in [1.82, 2.24) is 9.62 Å². The Kier molecular flexibility index (Phi) is 4.89. The van der Waals surface area contributed by atoms with Crippen LogP contribution in [0, 0.1) is 18.8 Å². The van der Waals surface area contributed by atoms with Crippen LogP contribution < -0.4 is 5.32 Å². The van der Waals surface area contributed by atoms with Gasteiger partial charge >= 0.3 is 0 Å². The van der Waals surface area contributed by atoms with E-state index >= 15 is 0 Å². The summed E-state index contributed by atoms with van der Waals surface area (Å²) in [5, 5.41) is 3.07. The molecule has 6 heteroatoms. The molecule has 1 aliphatic heterocycles. The summed E-state index contributed by atoms with van der Waals surface area (Å²) >= 11 is 1.56. The fourth-order valence-electron chi connectivity index (χ4n) is 2.62. The lowest BCUT2D eigenvalue weighted by Gasteiger charge is -2.34. The minimum Gasteiger partial charge on any atom is -0.315 e. The van der Waals surface area contributed by atoms with Gasteiger partial charge < -0.3 is 5.32 Å². The first-order valence-corrected chi connectivity index (χ1v) is 9.36. The molecule has 0 radical (unpaired) electrons. The smallest absolute Gasteiger partial charge is 0.244 e. The van der Waals surface area contributed by atoms with E-state index in [9.17, 15) is 8.42 Å². The molecule has 4 nitrogen and oxygen atoms in total. The molecule has 0 aliphatic carbocycles. The zero-order valence-electron chi connectivity index (χ0n) is 12.6. The number of aryl methyl sites for hydroxylation is 1. The first-order valence-electron chi connectivity index (χ1n) is 7.10. The van der Waals surface area contributed by atoms with Gasteiger partial charge in [-0.15, -0.1) is 11.3 Å². The molecule has 0 aromatic carbocycles. The molecular formula is C14H24N2O2S2. The molecule has 114 valence electrons. The highest BCUT2D eigenvalue weighted by Gasteiger charge is 2.33. The second kappa shape index (κ2) is 6.13. The summed E-state index contributed by atoms with van der Waals surface area (Å²) in [5.74, 6) is 1.03. The van der Waals surface area contributed by atoms with Crippen molar-refractivity contribution < 1.29 is 8.42 Å². The van der Waals surface area contributed by atoms with Crippen LogP contribution in [0.1, 0.15) is 30.0 Å². The number of nitrogens with one attached hydrogen (secondary N) is 1. The SMILES string of the molecule is CNCc1cc(S(=O)(=O)N2CCC(C)C(C)C2)c(C)s1. The monoisotopic (exact) mass is 316 g/mol. The second-order valence-corrected chi connectivity index (χ2v) is 9.02. The first kappa shape index (κ1) is 15.9. The summed E-state index contributed by atoms with van der Waals surface area (Å²) in [6, 6.07) is 1.83. The van der Waals surface area contributed by atoms with E-state index in [2.05, 4.69) is 19.2 Å². The van der Waals surface area contributed by atoms with E-state index in [1.165, 1.54) is 0 Å². The third kappa shape index (κ3) is 3.08. The Morgan fingerprint density at radius 2 is 2.10 bits per heavy atom. The maximum absolute atomic E-state index is 12.8.